The molecule has 0 saturated heterocycles. The van der Waals surface area contributed by atoms with Crippen LogP contribution in [-0.2, 0) is 22.5 Å². The molecule has 1 fully saturated rings. The number of rotatable bonds is 6. The van der Waals surface area contributed by atoms with Gasteiger partial charge in [0, 0.05) is 24.9 Å². The molecule has 0 atom stereocenters. The van der Waals surface area contributed by atoms with Gasteiger partial charge in [-0.05, 0) is 43.9 Å². The molecule has 35 heavy (non-hydrogen) atoms. The number of para-hydroxylation sites is 1. The van der Waals surface area contributed by atoms with Crippen LogP contribution in [0, 0.1) is 6.92 Å². The van der Waals surface area contributed by atoms with Gasteiger partial charge in [0.1, 0.15) is 21.3 Å². The Morgan fingerprint density at radius 3 is 2.80 bits per heavy atom. The van der Waals surface area contributed by atoms with Crippen LogP contribution in [0.5, 0.6) is 0 Å². The molecule has 9 nitrogen and oxygen atoms in total. The van der Waals surface area contributed by atoms with Crippen molar-refractivity contribution in [3.8, 4) is 5.69 Å². The van der Waals surface area contributed by atoms with E-state index < -0.39 is 18.5 Å². The van der Waals surface area contributed by atoms with Crippen LogP contribution < -0.4 is 10.9 Å². The molecule has 0 radical (unpaired) electrons. The zero-order valence-corrected chi connectivity index (χ0v) is 19.9. The topological polar surface area (TPSA) is 108 Å². The van der Waals surface area contributed by atoms with E-state index in [4.69, 9.17) is 4.74 Å². The second-order valence-electron chi connectivity index (χ2n) is 8.93. The van der Waals surface area contributed by atoms with Crippen molar-refractivity contribution in [2.45, 2.75) is 45.1 Å². The Labute approximate surface area is 204 Å². The highest BCUT2D eigenvalue weighted by atomic mass is 32.1. The lowest BCUT2D eigenvalue weighted by Gasteiger charge is -2.09. The van der Waals surface area contributed by atoms with Crippen molar-refractivity contribution >= 4 is 39.2 Å². The van der Waals surface area contributed by atoms with Gasteiger partial charge in [-0.2, -0.15) is 5.10 Å². The van der Waals surface area contributed by atoms with E-state index in [1.165, 1.54) is 0 Å². The van der Waals surface area contributed by atoms with E-state index in [0.717, 1.165) is 54.2 Å². The van der Waals surface area contributed by atoms with E-state index in [-0.39, 0.29) is 5.56 Å². The van der Waals surface area contributed by atoms with Crippen LogP contribution in [0.3, 0.4) is 0 Å². The first kappa shape index (κ1) is 21.7. The molecular formula is C25H23N5O4S. The minimum Gasteiger partial charge on any atom is -0.451 e. The Hall–Kier alpha value is -3.79. The number of carbonyl (C=O) groups excluding carboxylic acids is 2. The summed E-state index contributed by atoms with van der Waals surface area (Å²) in [5, 5.41) is 7.94. The number of esters is 1. The Kier molecular flexibility index (Phi) is 5.25. The van der Waals surface area contributed by atoms with Gasteiger partial charge in [0.2, 0.25) is 0 Å². The fraction of sp³-hybridized carbons (Fsp3) is 0.320. The number of nitrogens with zero attached hydrogens (tertiary/aromatic N) is 4. The third-order valence-electron chi connectivity index (χ3n) is 6.42. The number of carbonyl (C=O) groups is 2. The number of ether oxygens (including phenoxy) is 1. The van der Waals surface area contributed by atoms with Crippen LogP contribution in [0.2, 0.25) is 0 Å². The van der Waals surface area contributed by atoms with Crippen molar-refractivity contribution in [1.29, 1.82) is 0 Å². The van der Waals surface area contributed by atoms with Crippen LogP contribution in [0.4, 0.5) is 5.82 Å². The lowest BCUT2D eigenvalue weighted by Crippen LogP contribution is -2.22. The minimum absolute atomic E-state index is 0.117. The van der Waals surface area contributed by atoms with Crippen molar-refractivity contribution in [3.05, 3.63) is 68.7 Å². The van der Waals surface area contributed by atoms with Crippen LogP contribution in [0.25, 0.3) is 15.9 Å². The van der Waals surface area contributed by atoms with E-state index in [9.17, 15) is 14.4 Å². The highest BCUT2D eigenvalue weighted by Gasteiger charge is 2.28. The van der Waals surface area contributed by atoms with Gasteiger partial charge in [0.25, 0.3) is 11.5 Å². The van der Waals surface area contributed by atoms with Crippen LogP contribution in [0.1, 0.15) is 51.9 Å². The maximum Gasteiger partial charge on any atom is 0.349 e. The van der Waals surface area contributed by atoms with Gasteiger partial charge in [0.05, 0.1) is 16.8 Å². The fourth-order valence-electron chi connectivity index (χ4n) is 4.48. The second kappa shape index (κ2) is 8.46. The van der Waals surface area contributed by atoms with Gasteiger partial charge in [-0.1, -0.05) is 18.2 Å². The van der Waals surface area contributed by atoms with E-state index in [1.54, 1.807) is 16.2 Å². The predicted molar refractivity (Wildman–Crippen MR) is 131 cm³/mol. The first-order chi connectivity index (χ1) is 17.0. The number of fused-ring (bicyclic) bond motifs is 2. The molecular weight excluding hydrogens is 466 g/mol. The lowest BCUT2D eigenvalue weighted by atomic mass is 10.2. The number of hydrogen-bond donors (Lipinski definition) is 1. The molecule has 0 spiro atoms. The number of aromatic nitrogens is 4. The third-order valence-corrected chi connectivity index (χ3v) is 7.59. The summed E-state index contributed by atoms with van der Waals surface area (Å²) >= 11 is 1.14. The number of benzene rings is 1. The average molecular weight is 490 g/mol. The van der Waals surface area contributed by atoms with Crippen molar-refractivity contribution in [3.63, 3.8) is 0 Å². The molecule has 1 N–H and O–H groups in total. The number of anilines is 1. The summed E-state index contributed by atoms with van der Waals surface area (Å²) in [6.07, 6.45) is 3.83. The summed E-state index contributed by atoms with van der Waals surface area (Å²) in [5.74, 6) is 0.602. The van der Waals surface area contributed by atoms with Gasteiger partial charge in [-0.15, -0.1) is 11.3 Å². The van der Waals surface area contributed by atoms with E-state index in [1.807, 2.05) is 36.4 Å². The highest BCUT2D eigenvalue weighted by molar-refractivity contribution is 7.20. The largest absolute Gasteiger partial charge is 0.451 e. The van der Waals surface area contributed by atoms with Crippen LogP contribution >= 0.6 is 11.3 Å². The molecule has 1 amide bonds. The maximum absolute atomic E-state index is 12.9. The Bertz CT molecular complexity index is 1530. The van der Waals surface area contributed by atoms with E-state index in [0.29, 0.717) is 38.9 Å². The average Bonchev–Trinajstić information content (AvgIpc) is 3.30. The van der Waals surface area contributed by atoms with Crippen molar-refractivity contribution in [2.24, 2.45) is 0 Å². The van der Waals surface area contributed by atoms with Crippen LogP contribution in [-0.4, -0.2) is 37.8 Å². The molecule has 0 unspecified atom stereocenters. The SMILES string of the molecule is Cc1c(C(=O)OCC(=O)Nc2cc(C3CC3)nn2-c2ccccc2)sc2nc3n(c(=O)c12)CCC3. The van der Waals surface area contributed by atoms with Gasteiger partial charge < -0.3 is 10.1 Å². The van der Waals surface area contributed by atoms with Gasteiger partial charge in [-0.3, -0.25) is 14.2 Å². The van der Waals surface area contributed by atoms with Gasteiger partial charge in [-0.25, -0.2) is 14.5 Å². The zero-order valence-electron chi connectivity index (χ0n) is 19.1. The van der Waals surface area contributed by atoms with Crippen molar-refractivity contribution in [1.82, 2.24) is 19.3 Å². The quantitative estimate of drug-likeness (QED) is 0.415. The molecule has 2 aliphatic rings. The monoisotopic (exact) mass is 489 g/mol. The number of hydrogen-bond acceptors (Lipinski definition) is 7. The fourth-order valence-corrected chi connectivity index (χ4v) is 5.56. The molecule has 178 valence electrons. The van der Waals surface area contributed by atoms with E-state index >= 15 is 0 Å². The Morgan fingerprint density at radius 1 is 1.23 bits per heavy atom. The molecule has 3 aromatic heterocycles. The summed E-state index contributed by atoms with van der Waals surface area (Å²) in [7, 11) is 0. The number of thiophene rings is 1. The number of amides is 1. The molecule has 1 aliphatic carbocycles. The lowest BCUT2D eigenvalue weighted by molar-refractivity contribution is -0.119. The highest BCUT2D eigenvalue weighted by Crippen LogP contribution is 2.40. The maximum atomic E-state index is 12.9. The number of nitrogens with one attached hydrogen (secondary N) is 1. The minimum atomic E-state index is -0.638. The van der Waals surface area contributed by atoms with E-state index in [2.05, 4.69) is 15.4 Å². The van der Waals surface area contributed by atoms with Crippen LogP contribution in [0.15, 0.2) is 41.2 Å². The molecule has 1 aromatic carbocycles. The molecule has 6 rings (SSSR count). The summed E-state index contributed by atoms with van der Waals surface area (Å²) in [5.41, 5.74) is 2.20. The normalized spacial score (nSPS) is 14.8. The van der Waals surface area contributed by atoms with Gasteiger partial charge in [0.15, 0.2) is 6.61 Å². The smallest absolute Gasteiger partial charge is 0.349 e. The zero-order chi connectivity index (χ0) is 24.1. The second-order valence-corrected chi connectivity index (χ2v) is 9.92. The molecule has 1 aliphatic heterocycles. The summed E-state index contributed by atoms with van der Waals surface area (Å²) < 4.78 is 8.69. The Morgan fingerprint density at radius 2 is 2.03 bits per heavy atom. The molecule has 0 bridgehead atoms. The Balaban J connectivity index is 1.19. The molecule has 1 saturated carbocycles. The molecule has 4 aromatic rings. The van der Waals surface area contributed by atoms with Gasteiger partial charge >= 0.3 is 5.97 Å². The third kappa shape index (κ3) is 3.93. The van der Waals surface area contributed by atoms with Crippen molar-refractivity contribution < 1.29 is 14.3 Å². The van der Waals surface area contributed by atoms with Crippen molar-refractivity contribution in [2.75, 3.05) is 11.9 Å². The standard InChI is InChI=1S/C25H23N5O4S/c1-14-21-23(27-18-8-5-11-29(18)24(21)32)35-22(14)25(33)34-13-20(31)26-19-12-17(15-9-10-15)28-30(19)16-6-3-2-4-7-16/h2-4,6-7,12,15H,5,8-11,13H2,1H3,(H,26,31). The first-order valence-electron chi connectivity index (χ1n) is 11.6. The molecule has 10 heteroatoms. The predicted octanol–water partition coefficient (Wildman–Crippen LogP) is 3.57. The first-order valence-corrected chi connectivity index (χ1v) is 12.5. The summed E-state index contributed by atoms with van der Waals surface area (Å²) in [4.78, 5) is 43.8. The summed E-state index contributed by atoms with van der Waals surface area (Å²) in [6, 6.07) is 11.4. The molecule has 4 heterocycles. The number of aryl methyl sites for hydroxylation is 2. The summed E-state index contributed by atoms with van der Waals surface area (Å²) in [6.45, 7) is 1.92.